The number of hydrogen-bond acceptors (Lipinski definition) is 3. The number of nitrogens with two attached hydrogens (primary N) is 1. The highest BCUT2D eigenvalue weighted by molar-refractivity contribution is 5.22. The van der Waals surface area contributed by atoms with Crippen LogP contribution in [0.3, 0.4) is 0 Å². The molecule has 0 aliphatic rings. The molecule has 0 aliphatic heterocycles. The highest BCUT2D eigenvalue weighted by Crippen LogP contribution is 2.01. The average Bonchev–Trinajstić information content (AvgIpc) is 2.72. The van der Waals surface area contributed by atoms with Gasteiger partial charge in [-0.05, 0) is 5.56 Å². The maximum absolute atomic E-state index is 5.54. The molecule has 0 amide bonds. The Balaban J connectivity index is 1.69. The van der Waals surface area contributed by atoms with Gasteiger partial charge in [0.1, 0.15) is 5.82 Å². The minimum atomic E-state index is 0.544. The van der Waals surface area contributed by atoms with Crippen molar-refractivity contribution in [2.75, 3.05) is 12.3 Å². The van der Waals surface area contributed by atoms with Gasteiger partial charge >= 0.3 is 0 Å². The van der Waals surface area contributed by atoms with E-state index in [2.05, 4.69) is 17.1 Å². The molecule has 1 aromatic carbocycles. The molecule has 1 aromatic heterocycles. The van der Waals surface area contributed by atoms with Crippen molar-refractivity contribution in [3.8, 4) is 0 Å². The van der Waals surface area contributed by atoms with Crippen LogP contribution >= 0.6 is 0 Å². The van der Waals surface area contributed by atoms with Gasteiger partial charge in [-0.15, -0.1) is 0 Å². The summed E-state index contributed by atoms with van der Waals surface area (Å²) in [5.41, 5.74) is 6.69. The topological polar surface area (TPSA) is 53.1 Å². The summed E-state index contributed by atoms with van der Waals surface area (Å²) in [5.74, 6) is 0.544. The minimum Gasteiger partial charge on any atom is -0.382 e. The van der Waals surface area contributed by atoms with Crippen LogP contribution in [-0.2, 0) is 17.9 Å². The van der Waals surface area contributed by atoms with Crippen LogP contribution in [0.1, 0.15) is 5.56 Å². The Morgan fingerprint density at radius 3 is 2.75 bits per heavy atom. The molecule has 0 radical (unpaired) electrons. The molecule has 84 valence electrons. The summed E-state index contributed by atoms with van der Waals surface area (Å²) in [6.07, 6.45) is 3.51. The van der Waals surface area contributed by atoms with Crippen molar-refractivity contribution in [2.24, 2.45) is 0 Å². The standard InChI is InChI=1S/C12H15N3O/c13-12-8-15(10-14-12)6-7-16-9-11-4-2-1-3-5-11/h1-5,8,10H,6-7,9,13H2. The molecule has 0 atom stereocenters. The molecule has 0 aliphatic carbocycles. The summed E-state index contributed by atoms with van der Waals surface area (Å²) in [4.78, 5) is 3.94. The van der Waals surface area contributed by atoms with E-state index < -0.39 is 0 Å². The number of benzene rings is 1. The lowest BCUT2D eigenvalue weighted by Gasteiger charge is -2.04. The van der Waals surface area contributed by atoms with Crippen LogP contribution in [0, 0.1) is 0 Å². The molecular weight excluding hydrogens is 202 g/mol. The van der Waals surface area contributed by atoms with Gasteiger partial charge < -0.3 is 15.0 Å². The molecule has 0 saturated heterocycles. The second kappa shape index (κ2) is 5.32. The lowest BCUT2D eigenvalue weighted by Crippen LogP contribution is -2.04. The van der Waals surface area contributed by atoms with Gasteiger partial charge in [-0.25, -0.2) is 4.98 Å². The molecule has 2 aromatic rings. The smallest absolute Gasteiger partial charge is 0.141 e. The number of aromatic nitrogens is 2. The average molecular weight is 217 g/mol. The van der Waals surface area contributed by atoms with Gasteiger partial charge in [0.15, 0.2) is 0 Å². The quantitative estimate of drug-likeness (QED) is 0.775. The Morgan fingerprint density at radius 2 is 2.06 bits per heavy atom. The van der Waals surface area contributed by atoms with Crippen molar-refractivity contribution in [1.82, 2.24) is 9.55 Å². The van der Waals surface area contributed by atoms with E-state index in [1.54, 1.807) is 12.5 Å². The van der Waals surface area contributed by atoms with Crippen LogP contribution in [0.25, 0.3) is 0 Å². The third-order valence-corrected chi connectivity index (χ3v) is 2.26. The molecule has 4 heteroatoms. The van der Waals surface area contributed by atoms with Crippen molar-refractivity contribution in [2.45, 2.75) is 13.2 Å². The second-order valence-corrected chi connectivity index (χ2v) is 3.57. The van der Waals surface area contributed by atoms with Crippen molar-refractivity contribution in [3.63, 3.8) is 0 Å². The largest absolute Gasteiger partial charge is 0.382 e. The molecule has 0 fully saturated rings. The van der Waals surface area contributed by atoms with Gasteiger partial charge in [-0.1, -0.05) is 30.3 Å². The number of rotatable bonds is 5. The Morgan fingerprint density at radius 1 is 1.25 bits per heavy atom. The van der Waals surface area contributed by atoms with E-state index in [4.69, 9.17) is 10.5 Å². The van der Waals surface area contributed by atoms with Crippen LogP contribution < -0.4 is 5.73 Å². The number of hydrogen-bond donors (Lipinski definition) is 1. The second-order valence-electron chi connectivity index (χ2n) is 3.57. The van der Waals surface area contributed by atoms with E-state index in [0.717, 1.165) is 6.54 Å². The normalized spacial score (nSPS) is 10.5. The Kier molecular flexibility index (Phi) is 3.56. The number of nitrogens with zero attached hydrogens (tertiary/aromatic N) is 2. The van der Waals surface area contributed by atoms with Crippen molar-refractivity contribution in [3.05, 3.63) is 48.4 Å². The first-order valence-corrected chi connectivity index (χ1v) is 5.23. The molecule has 16 heavy (non-hydrogen) atoms. The van der Waals surface area contributed by atoms with Gasteiger partial charge in [-0.2, -0.15) is 0 Å². The van der Waals surface area contributed by atoms with Crippen LogP contribution in [0.2, 0.25) is 0 Å². The van der Waals surface area contributed by atoms with Crippen LogP contribution in [0.4, 0.5) is 5.82 Å². The summed E-state index contributed by atoms with van der Waals surface area (Å²) in [6, 6.07) is 10.1. The zero-order valence-corrected chi connectivity index (χ0v) is 9.04. The molecule has 4 nitrogen and oxygen atoms in total. The van der Waals surface area contributed by atoms with E-state index >= 15 is 0 Å². The van der Waals surface area contributed by atoms with E-state index in [0.29, 0.717) is 19.0 Å². The summed E-state index contributed by atoms with van der Waals surface area (Å²) in [5, 5.41) is 0. The Bertz CT molecular complexity index is 425. The predicted octanol–water partition coefficient (Wildman–Crippen LogP) is 1.68. The summed E-state index contributed by atoms with van der Waals surface area (Å²) in [7, 11) is 0. The zero-order chi connectivity index (χ0) is 11.2. The molecule has 0 bridgehead atoms. The van der Waals surface area contributed by atoms with E-state index in [9.17, 15) is 0 Å². The van der Waals surface area contributed by atoms with E-state index in [1.165, 1.54) is 5.56 Å². The lowest BCUT2D eigenvalue weighted by molar-refractivity contribution is 0.113. The Labute approximate surface area is 94.7 Å². The fraction of sp³-hybridized carbons (Fsp3) is 0.250. The molecule has 0 spiro atoms. The molecular formula is C12H15N3O. The van der Waals surface area contributed by atoms with Gasteiger partial charge in [0.05, 0.1) is 19.5 Å². The lowest BCUT2D eigenvalue weighted by atomic mass is 10.2. The SMILES string of the molecule is Nc1cn(CCOCc2ccccc2)cn1. The zero-order valence-electron chi connectivity index (χ0n) is 9.04. The summed E-state index contributed by atoms with van der Waals surface area (Å²) < 4.78 is 7.46. The highest BCUT2D eigenvalue weighted by Gasteiger charge is 1.95. The minimum absolute atomic E-state index is 0.544. The van der Waals surface area contributed by atoms with Gasteiger partial charge in [-0.3, -0.25) is 0 Å². The van der Waals surface area contributed by atoms with Crippen LogP contribution in [0.5, 0.6) is 0 Å². The summed E-state index contributed by atoms with van der Waals surface area (Å²) >= 11 is 0. The molecule has 2 N–H and O–H groups in total. The molecule has 0 unspecified atom stereocenters. The van der Waals surface area contributed by atoms with E-state index in [-0.39, 0.29) is 0 Å². The fourth-order valence-corrected chi connectivity index (χ4v) is 1.43. The van der Waals surface area contributed by atoms with Gasteiger partial charge in [0.2, 0.25) is 0 Å². The molecule has 2 rings (SSSR count). The molecule has 0 saturated carbocycles. The number of anilines is 1. The first-order valence-electron chi connectivity index (χ1n) is 5.23. The van der Waals surface area contributed by atoms with Crippen LogP contribution in [0.15, 0.2) is 42.9 Å². The van der Waals surface area contributed by atoms with Crippen molar-refractivity contribution < 1.29 is 4.74 Å². The molecule has 1 heterocycles. The predicted molar refractivity (Wildman–Crippen MR) is 62.7 cm³/mol. The van der Waals surface area contributed by atoms with Crippen molar-refractivity contribution in [1.29, 1.82) is 0 Å². The van der Waals surface area contributed by atoms with Crippen LogP contribution in [-0.4, -0.2) is 16.2 Å². The first-order chi connectivity index (χ1) is 7.84. The maximum atomic E-state index is 5.54. The first kappa shape index (κ1) is 10.7. The van der Waals surface area contributed by atoms with Crippen molar-refractivity contribution >= 4 is 5.82 Å². The fourth-order valence-electron chi connectivity index (χ4n) is 1.43. The highest BCUT2D eigenvalue weighted by atomic mass is 16.5. The van der Waals surface area contributed by atoms with Gasteiger partial charge in [0.25, 0.3) is 0 Å². The monoisotopic (exact) mass is 217 g/mol. The van der Waals surface area contributed by atoms with E-state index in [1.807, 2.05) is 22.8 Å². The maximum Gasteiger partial charge on any atom is 0.141 e. The third kappa shape index (κ3) is 3.10. The number of ether oxygens (including phenoxy) is 1. The number of imidazole rings is 1. The Hall–Kier alpha value is -1.81. The summed E-state index contributed by atoms with van der Waals surface area (Å²) in [6.45, 7) is 2.08. The third-order valence-electron chi connectivity index (χ3n) is 2.26. The number of nitrogen functional groups attached to an aromatic ring is 1. The van der Waals surface area contributed by atoms with Gasteiger partial charge in [0, 0.05) is 12.7 Å².